The van der Waals surface area contributed by atoms with Crippen molar-refractivity contribution in [1.29, 1.82) is 0 Å². The summed E-state index contributed by atoms with van der Waals surface area (Å²) in [5.41, 5.74) is -1.42. The standard InChI is InChI=1S/C22H27F2N3O3/c1-13(2)10-26(5)22(30)17-12-27(14(3)4)11-16(20(17)28)21(29)25-9-15-18(23)7-6-8-19(15)24/h6-8,11-14H,9-10H2,1-5H3,(H,25,29). The molecule has 8 heteroatoms. The van der Waals surface area contributed by atoms with Gasteiger partial charge < -0.3 is 14.8 Å². The van der Waals surface area contributed by atoms with Crippen LogP contribution in [0.15, 0.2) is 35.4 Å². The molecular formula is C22H27F2N3O3. The number of carbonyl (C=O) groups is 2. The molecule has 1 aromatic carbocycles. The predicted octanol–water partition coefficient (Wildman–Crippen LogP) is 3.37. The van der Waals surface area contributed by atoms with Gasteiger partial charge in [0.1, 0.15) is 22.8 Å². The molecule has 0 aliphatic heterocycles. The number of carbonyl (C=O) groups excluding carboxylic acids is 2. The summed E-state index contributed by atoms with van der Waals surface area (Å²) in [7, 11) is 1.59. The molecule has 0 spiro atoms. The highest BCUT2D eigenvalue weighted by atomic mass is 19.1. The Hall–Kier alpha value is -3.03. The van der Waals surface area contributed by atoms with Crippen LogP contribution >= 0.6 is 0 Å². The van der Waals surface area contributed by atoms with Gasteiger partial charge in [-0.05, 0) is 31.9 Å². The van der Waals surface area contributed by atoms with Gasteiger partial charge in [0.05, 0.1) is 0 Å². The van der Waals surface area contributed by atoms with Gasteiger partial charge in [-0.1, -0.05) is 19.9 Å². The minimum absolute atomic E-state index is 0.122. The monoisotopic (exact) mass is 419 g/mol. The fourth-order valence-corrected chi connectivity index (χ4v) is 3.01. The van der Waals surface area contributed by atoms with Crippen LogP contribution in [0.4, 0.5) is 8.78 Å². The van der Waals surface area contributed by atoms with E-state index in [2.05, 4.69) is 5.32 Å². The van der Waals surface area contributed by atoms with Crippen molar-refractivity contribution in [3.05, 3.63) is 69.1 Å². The van der Waals surface area contributed by atoms with E-state index in [0.717, 1.165) is 12.1 Å². The Morgan fingerprint density at radius 2 is 1.63 bits per heavy atom. The van der Waals surface area contributed by atoms with Gasteiger partial charge >= 0.3 is 0 Å². The Morgan fingerprint density at radius 1 is 1.07 bits per heavy atom. The highest BCUT2D eigenvalue weighted by Gasteiger charge is 2.23. The van der Waals surface area contributed by atoms with Crippen molar-refractivity contribution in [3.8, 4) is 0 Å². The normalized spacial score (nSPS) is 11.1. The Kier molecular flexibility index (Phi) is 7.48. The van der Waals surface area contributed by atoms with Crippen LogP contribution in [-0.4, -0.2) is 34.9 Å². The molecular weight excluding hydrogens is 392 g/mol. The zero-order valence-electron chi connectivity index (χ0n) is 17.8. The van der Waals surface area contributed by atoms with E-state index >= 15 is 0 Å². The van der Waals surface area contributed by atoms with Gasteiger partial charge in [0.25, 0.3) is 11.8 Å². The summed E-state index contributed by atoms with van der Waals surface area (Å²) in [5, 5.41) is 2.37. The van der Waals surface area contributed by atoms with Gasteiger partial charge in [0.15, 0.2) is 0 Å². The van der Waals surface area contributed by atoms with E-state index in [0.29, 0.717) is 6.54 Å². The first-order chi connectivity index (χ1) is 14.0. The van der Waals surface area contributed by atoms with Crippen LogP contribution in [0.25, 0.3) is 0 Å². The van der Waals surface area contributed by atoms with Crippen molar-refractivity contribution in [1.82, 2.24) is 14.8 Å². The number of halogens is 2. The molecule has 2 rings (SSSR count). The molecule has 0 aliphatic rings. The fourth-order valence-electron chi connectivity index (χ4n) is 3.01. The Labute approximate surface area is 174 Å². The van der Waals surface area contributed by atoms with Gasteiger partial charge in [-0.3, -0.25) is 14.4 Å². The van der Waals surface area contributed by atoms with Crippen LogP contribution in [-0.2, 0) is 6.54 Å². The average molecular weight is 419 g/mol. The molecule has 0 fully saturated rings. The molecule has 2 aromatic rings. The maximum Gasteiger partial charge on any atom is 0.259 e. The summed E-state index contributed by atoms with van der Waals surface area (Å²) in [6, 6.07) is 3.27. The molecule has 6 nitrogen and oxygen atoms in total. The third-order valence-electron chi connectivity index (χ3n) is 4.59. The number of aromatic nitrogens is 1. The van der Waals surface area contributed by atoms with Crippen molar-refractivity contribution in [3.63, 3.8) is 0 Å². The lowest BCUT2D eigenvalue weighted by molar-refractivity contribution is 0.0777. The second kappa shape index (κ2) is 9.65. The molecule has 1 aromatic heterocycles. The molecule has 1 heterocycles. The summed E-state index contributed by atoms with van der Waals surface area (Å²) in [6.07, 6.45) is 2.78. The van der Waals surface area contributed by atoms with Crippen LogP contribution in [0.5, 0.6) is 0 Å². The summed E-state index contributed by atoms with van der Waals surface area (Å²) in [5.74, 6) is -2.69. The molecule has 0 saturated heterocycles. The summed E-state index contributed by atoms with van der Waals surface area (Å²) in [6.45, 7) is 7.59. The Bertz CT molecular complexity index is 979. The quantitative estimate of drug-likeness (QED) is 0.748. The van der Waals surface area contributed by atoms with E-state index in [9.17, 15) is 23.2 Å². The number of pyridine rings is 1. The third kappa shape index (κ3) is 5.31. The van der Waals surface area contributed by atoms with E-state index in [4.69, 9.17) is 0 Å². The van der Waals surface area contributed by atoms with Crippen molar-refractivity contribution in [2.45, 2.75) is 40.3 Å². The number of hydrogen-bond acceptors (Lipinski definition) is 3. The molecule has 0 bridgehead atoms. The third-order valence-corrected chi connectivity index (χ3v) is 4.59. The first-order valence-electron chi connectivity index (χ1n) is 9.75. The van der Waals surface area contributed by atoms with Crippen LogP contribution < -0.4 is 10.7 Å². The zero-order valence-corrected chi connectivity index (χ0v) is 17.8. The van der Waals surface area contributed by atoms with Gasteiger partial charge in [0, 0.05) is 44.1 Å². The Balaban J connectivity index is 2.39. The molecule has 162 valence electrons. The minimum Gasteiger partial charge on any atom is -0.350 e. The van der Waals surface area contributed by atoms with E-state index in [1.54, 1.807) is 11.6 Å². The topological polar surface area (TPSA) is 71.4 Å². The highest BCUT2D eigenvalue weighted by Crippen LogP contribution is 2.13. The number of nitrogens with one attached hydrogen (secondary N) is 1. The number of rotatable bonds is 7. The van der Waals surface area contributed by atoms with Crippen LogP contribution in [0.2, 0.25) is 0 Å². The maximum atomic E-state index is 13.8. The molecule has 0 aliphatic carbocycles. The number of amides is 2. The van der Waals surface area contributed by atoms with Crippen molar-refractivity contribution in [2.75, 3.05) is 13.6 Å². The second-order valence-electron chi connectivity index (χ2n) is 7.92. The summed E-state index contributed by atoms with van der Waals surface area (Å²) in [4.78, 5) is 39.8. The lowest BCUT2D eigenvalue weighted by Crippen LogP contribution is -2.37. The first kappa shape index (κ1) is 23.3. The molecule has 2 amide bonds. The predicted molar refractivity (Wildman–Crippen MR) is 110 cm³/mol. The lowest BCUT2D eigenvalue weighted by atomic mass is 10.1. The van der Waals surface area contributed by atoms with Gasteiger partial charge in [-0.25, -0.2) is 8.78 Å². The van der Waals surface area contributed by atoms with Gasteiger partial charge in [-0.15, -0.1) is 0 Å². The smallest absolute Gasteiger partial charge is 0.259 e. The van der Waals surface area contributed by atoms with Crippen molar-refractivity contribution in [2.24, 2.45) is 5.92 Å². The zero-order chi connectivity index (χ0) is 22.6. The second-order valence-corrected chi connectivity index (χ2v) is 7.92. The first-order valence-corrected chi connectivity index (χ1v) is 9.75. The van der Waals surface area contributed by atoms with Gasteiger partial charge in [0.2, 0.25) is 5.43 Å². The number of hydrogen-bond donors (Lipinski definition) is 1. The largest absolute Gasteiger partial charge is 0.350 e. The highest BCUT2D eigenvalue weighted by molar-refractivity contribution is 5.99. The van der Waals surface area contributed by atoms with E-state index < -0.39 is 35.4 Å². The van der Waals surface area contributed by atoms with Crippen LogP contribution in [0, 0.1) is 17.6 Å². The summed E-state index contributed by atoms with van der Waals surface area (Å²) < 4.78 is 29.2. The van der Waals surface area contributed by atoms with Crippen LogP contribution in [0.1, 0.15) is 60.0 Å². The minimum atomic E-state index is -0.807. The SMILES string of the molecule is CC(C)CN(C)C(=O)c1cn(C(C)C)cc(C(=O)NCc2c(F)cccc2F)c1=O. The molecule has 0 saturated carbocycles. The maximum absolute atomic E-state index is 13.8. The Morgan fingerprint density at radius 3 is 2.17 bits per heavy atom. The molecule has 0 unspecified atom stereocenters. The van der Waals surface area contributed by atoms with E-state index in [1.165, 1.54) is 23.4 Å². The molecule has 1 N–H and O–H groups in total. The molecule has 0 radical (unpaired) electrons. The van der Waals surface area contributed by atoms with Crippen molar-refractivity contribution < 1.29 is 18.4 Å². The number of nitrogens with zero attached hydrogens (tertiary/aromatic N) is 2. The fraction of sp³-hybridized carbons (Fsp3) is 0.409. The average Bonchev–Trinajstić information content (AvgIpc) is 2.66. The lowest BCUT2D eigenvalue weighted by Gasteiger charge is -2.21. The molecule has 30 heavy (non-hydrogen) atoms. The molecule has 0 atom stereocenters. The number of benzene rings is 1. The van der Waals surface area contributed by atoms with E-state index in [-0.39, 0.29) is 28.7 Å². The van der Waals surface area contributed by atoms with E-state index in [1.807, 2.05) is 27.7 Å². The van der Waals surface area contributed by atoms with Gasteiger partial charge in [-0.2, -0.15) is 0 Å². The van der Waals surface area contributed by atoms with Crippen molar-refractivity contribution >= 4 is 11.8 Å². The van der Waals surface area contributed by atoms with Crippen LogP contribution in [0.3, 0.4) is 0 Å². The summed E-state index contributed by atoms with van der Waals surface area (Å²) >= 11 is 0.